The number of urea groups is 1. The molecule has 5 nitrogen and oxygen atoms in total. The predicted molar refractivity (Wildman–Crippen MR) is 89.2 cm³/mol. The van der Waals surface area contributed by atoms with E-state index in [4.69, 9.17) is 11.6 Å². The van der Waals surface area contributed by atoms with Crippen LogP contribution >= 0.6 is 11.6 Å². The van der Waals surface area contributed by atoms with Crippen molar-refractivity contribution >= 4 is 23.5 Å². The van der Waals surface area contributed by atoms with E-state index in [9.17, 15) is 9.59 Å². The van der Waals surface area contributed by atoms with E-state index in [0.717, 1.165) is 31.4 Å². The molecule has 0 aliphatic carbocycles. The molecule has 0 radical (unpaired) electrons. The number of carbonyl (C=O) groups is 2. The molecular weight excluding hydrogens is 314 g/mol. The molecule has 1 N–H and O–H groups in total. The van der Waals surface area contributed by atoms with E-state index >= 15 is 0 Å². The number of rotatable bonds is 2. The van der Waals surface area contributed by atoms with Crippen LogP contribution in [0.15, 0.2) is 24.3 Å². The van der Waals surface area contributed by atoms with Gasteiger partial charge in [-0.25, -0.2) is 4.79 Å². The van der Waals surface area contributed by atoms with E-state index in [1.54, 1.807) is 4.90 Å². The maximum atomic E-state index is 12.3. The van der Waals surface area contributed by atoms with Crippen molar-refractivity contribution in [1.82, 2.24) is 15.1 Å². The third-order valence-electron chi connectivity index (χ3n) is 5.12. The minimum absolute atomic E-state index is 0.0847. The van der Waals surface area contributed by atoms with Crippen LogP contribution in [0.25, 0.3) is 0 Å². The summed E-state index contributed by atoms with van der Waals surface area (Å²) in [5, 5.41) is 3.57. The normalized spacial score (nSPS) is 20.2. The molecule has 3 rings (SSSR count). The lowest BCUT2D eigenvalue weighted by Crippen LogP contribution is -2.49. The fourth-order valence-electron chi connectivity index (χ4n) is 3.52. The van der Waals surface area contributed by atoms with Gasteiger partial charge in [0.1, 0.15) is 0 Å². The number of halogens is 1. The number of benzene rings is 1. The summed E-state index contributed by atoms with van der Waals surface area (Å²) < 4.78 is 0. The summed E-state index contributed by atoms with van der Waals surface area (Å²) in [7, 11) is 1.86. The zero-order valence-corrected chi connectivity index (χ0v) is 14.1. The number of carbonyl (C=O) groups excluding carboxylic acids is 2. The van der Waals surface area contributed by atoms with E-state index in [-0.39, 0.29) is 17.4 Å². The molecule has 2 saturated heterocycles. The third-order valence-corrected chi connectivity index (χ3v) is 5.49. The van der Waals surface area contributed by atoms with Crippen LogP contribution in [0.1, 0.15) is 24.8 Å². The average molecular weight is 336 g/mol. The molecule has 0 bridgehead atoms. The summed E-state index contributed by atoms with van der Waals surface area (Å²) in [6, 6.07) is 7.41. The van der Waals surface area contributed by atoms with E-state index in [1.165, 1.54) is 0 Å². The largest absolute Gasteiger partial charge is 0.345 e. The lowest BCUT2D eigenvalue weighted by atomic mass is 9.77. The summed E-state index contributed by atoms with van der Waals surface area (Å²) in [6.07, 6.45) is 2.43. The smallest absolute Gasteiger partial charge is 0.317 e. The molecule has 0 saturated carbocycles. The van der Waals surface area contributed by atoms with Crippen LogP contribution in [-0.2, 0) is 11.3 Å². The SMILES string of the molecule is CN1CCC2(CCN(C(=O)NCc3ccccc3Cl)CC2)C1=O. The molecule has 1 aromatic carbocycles. The number of hydrogen-bond donors (Lipinski definition) is 1. The van der Waals surface area contributed by atoms with E-state index in [1.807, 2.05) is 36.2 Å². The van der Waals surface area contributed by atoms with Crippen LogP contribution < -0.4 is 5.32 Å². The highest BCUT2D eigenvalue weighted by molar-refractivity contribution is 6.31. The van der Waals surface area contributed by atoms with Crippen molar-refractivity contribution in [2.24, 2.45) is 5.41 Å². The van der Waals surface area contributed by atoms with Crippen molar-refractivity contribution < 1.29 is 9.59 Å². The van der Waals surface area contributed by atoms with Gasteiger partial charge in [0.15, 0.2) is 0 Å². The van der Waals surface area contributed by atoms with Gasteiger partial charge in [0.2, 0.25) is 5.91 Å². The molecule has 0 aromatic heterocycles. The Labute approximate surface area is 141 Å². The summed E-state index contributed by atoms with van der Waals surface area (Å²) >= 11 is 6.10. The highest BCUT2D eigenvalue weighted by Crippen LogP contribution is 2.40. The van der Waals surface area contributed by atoms with Gasteiger partial charge in [-0.1, -0.05) is 29.8 Å². The summed E-state index contributed by atoms with van der Waals surface area (Å²) in [4.78, 5) is 28.2. The average Bonchev–Trinajstić information content (AvgIpc) is 2.83. The molecule has 23 heavy (non-hydrogen) atoms. The van der Waals surface area contributed by atoms with Gasteiger partial charge < -0.3 is 15.1 Å². The highest BCUT2D eigenvalue weighted by Gasteiger charge is 2.47. The molecule has 0 unspecified atom stereocenters. The van der Waals surface area contributed by atoms with E-state index in [2.05, 4.69) is 5.32 Å². The van der Waals surface area contributed by atoms with Gasteiger partial charge in [-0.15, -0.1) is 0 Å². The van der Waals surface area contributed by atoms with Crippen LogP contribution in [0.2, 0.25) is 5.02 Å². The van der Waals surface area contributed by atoms with Crippen molar-refractivity contribution in [2.45, 2.75) is 25.8 Å². The molecule has 1 spiro atoms. The second-order valence-corrected chi connectivity index (χ2v) is 6.90. The zero-order valence-electron chi connectivity index (χ0n) is 13.3. The van der Waals surface area contributed by atoms with Crippen molar-refractivity contribution in [3.8, 4) is 0 Å². The third kappa shape index (κ3) is 3.15. The van der Waals surface area contributed by atoms with Crippen LogP contribution in [-0.4, -0.2) is 48.4 Å². The fourth-order valence-corrected chi connectivity index (χ4v) is 3.72. The van der Waals surface area contributed by atoms with E-state index in [0.29, 0.717) is 24.7 Å². The predicted octanol–water partition coefficient (Wildman–Crippen LogP) is 2.49. The Kier molecular flexibility index (Phi) is 4.48. The monoisotopic (exact) mass is 335 g/mol. The Morgan fingerprint density at radius 1 is 1.22 bits per heavy atom. The molecule has 2 aliphatic heterocycles. The van der Waals surface area contributed by atoms with Crippen molar-refractivity contribution in [1.29, 1.82) is 0 Å². The van der Waals surface area contributed by atoms with Gasteiger partial charge in [-0.3, -0.25) is 4.79 Å². The summed E-state index contributed by atoms with van der Waals surface area (Å²) in [6.45, 7) is 2.52. The quantitative estimate of drug-likeness (QED) is 0.902. The van der Waals surface area contributed by atoms with Crippen molar-refractivity contribution in [3.05, 3.63) is 34.9 Å². The standard InChI is InChI=1S/C17H22ClN3O2/c1-20-9-6-17(15(20)22)7-10-21(11-8-17)16(23)19-12-13-4-2-3-5-14(13)18/h2-5H,6-12H2,1H3,(H,19,23). The second kappa shape index (κ2) is 6.40. The minimum atomic E-state index is -0.228. The molecular formula is C17H22ClN3O2. The Morgan fingerprint density at radius 3 is 2.48 bits per heavy atom. The first kappa shape index (κ1) is 16.1. The van der Waals surface area contributed by atoms with Crippen molar-refractivity contribution in [2.75, 3.05) is 26.7 Å². The van der Waals surface area contributed by atoms with Gasteiger partial charge in [-0.2, -0.15) is 0 Å². The molecule has 0 atom stereocenters. The van der Waals surface area contributed by atoms with Crippen LogP contribution in [0, 0.1) is 5.41 Å². The molecule has 124 valence electrons. The molecule has 3 amide bonds. The van der Waals surface area contributed by atoms with Gasteiger partial charge >= 0.3 is 6.03 Å². The lowest BCUT2D eigenvalue weighted by molar-refractivity contribution is -0.137. The van der Waals surface area contributed by atoms with Crippen LogP contribution in [0.5, 0.6) is 0 Å². The number of nitrogens with one attached hydrogen (secondary N) is 1. The number of hydrogen-bond acceptors (Lipinski definition) is 2. The Bertz CT molecular complexity index is 612. The Hall–Kier alpha value is -1.75. The number of piperidine rings is 1. The van der Waals surface area contributed by atoms with Gasteiger partial charge in [0, 0.05) is 38.2 Å². The molecule has 1 aromatic rings. The van der Waals surface area contributed by atoms with Gasteiger partial charge in [0.05, 0.1) is 5.41 Å². The first-order valence-electron chi connectivity index (χ1n) is 8.04. The minimum Gasteiger partial charge on any atom is -0.345 e. The lowest BCUT2D eigenvalue weighted by Gasteiger charge is -2.37. The molecule has 2 heterocycles. The second-order valence-electron chi connectivity index (χ2n) is 6.49. The fraction of sp³-hybridized carbons (Fsp3) is 0.529. The van der Waals surface area contributed by atoms with Crippen molar-refractivity contribution in [3.63, 3.8) is 0 Å². The summed E-state index contributed by atoms with van der Waals surface area (Å²) in [5.41, 5.74) is 0.678. The first-order chi connectivity index (χ1) is 11.0. The Balaban J connectivity index is 1.53. The van der Waals surface area contributed by atoms with Gasteiger partial charge in [0.25, 0.3) is 0 Å². The maximum Gasteiger partial charge on any atom is 0.317 e. The Morgan fingerprint density at radius 2 is 1.87 bits per heavy atom. The number of nitrogens with zero attached hydrogens (tertiary/aromatic N) is 2. The topological polar surface area (TPSA) is 52.6 Å². The van der Waals surface area contributed by atoms with Crippen LogP contribution in [0.3, 0.4) is 0 Å². The first-order valence-corrected chi connectivity index (χ1v) is 8.41. The number of amides is 3. The number of likely N-dealkylation sites (tertiary alicyclic amines) is 2. The molecule has 2 aliphatic rings. The molecule has 6 heteroatoms. The highest BCUT2D eigenvalue weighted by atomic mass is 35.5. The summed E-state index contributed by atoms with van der Waals surface area (Å²) in [5.74, 6) is 0.244. The maximum absolute atomic E-state index is 12.3. The van der Waals surface area contributed by atoms with E-state index < -0.39 is 0 Å². The van der Waals surface area contributed by atoms with Crippen LogP contribution in [0.4, 0.5) is 4.79 Å². The zero-order chi connectivity index (χ0) is 16.4. The molecule has 2 fully saturated rings. The van der Waals surface area contributed by atoms with Gasteiger partial charge in [-0.05, 0) is 30.9 Å².